The molecule has 0 aromatic heterocycles. The van der Waals surface area contributed by atoms with Crippen molar-refractivity contribution in [2.24, 2.45) is 0 Å². The van der Waals surface area contributed by atoms with Crippen LogP contribution in [0.15, 0.2) is 23.1 Å². The maximum Gasteiger partial charge on any atom is 0.184 e. The highest BCUT2D eigenvalue weighted by molar-refractivity contribution is 7.96. The van der Waals surface area contributed by atoms with Crippen LogP contribution in [0.1, 0.15) is 12.0 Å². The van der Waals surface area contributed by atoms with Gasteiger partial charge in [0.1, 0.15) is 5.82 Å². The highest BCUT2D eigenvalue weighted by atomic mass is 32.2. The Labute approximate surface area is 142 Å². The average Bonchev–Trinajstić information content (AvgIpc) is 2.79. The summed E-state index contributed by atoms with van der Waals surface area (Å²) < 4.78 is 67.9. The Morgan fingerprint density at radius 1 is 1.33 bits per heavy atom. The Hall–Kier alpha value is -1.03. The SMILES string of the molecule is COCCCN[C@H]1CS(=O)(=O)C[C@@H]1S(=O)(=O)c1ccc(F)cc1C. The van der Waals surface area contributed by atoms with Crippen molar-refractivity contribution in [3.63, 3.8) is 0 Å². The maximum absolute atomic E-state index is 13.2. The van der Waals surface area contributed by atoms with Crippen LogP contribution in [0.4, 0.5) is 4.39 Å². The standard InChI is InChI=1S/C15H22FNO5S2/c1-11-8-12(16)4-5-14(11)24(20,21)15-10-23(18,19)9-13(15)17-6-3-7-22-2/h4-5,8,13,15,17H,3,6-7,9-10H2,1-2H3/t13-,15-/m0/s1. The fraction of sp³-hybridized carbons (Fsp3) is 0.600. The molecule has 6 nitrogen and oxygen atoms in total. The van der Waals surface area contributed by atoms with Crippen molar-refractivity contribution in [1.82, 2.24) is 5.32 Å². The number of methoxy groups -OCH3 is 1. The van der Waals surface area contributed by atoms with Crippen molar-refractivity contribution in [3.8, 4) is 0 Å². The number of ether oxygens (including phenoxy) is 1. The third-order valence-corrected chi connectivity index (χ3v) is 8.38. The Kier molecular flexibility index (Phi) is 6.00. The Morgan fingerprint density at radius 3 is 2.67 bits per heavy atom. The van der Waals surface area contributed by atoms with E-state index >= 15 is 0 Å². The van der Waals surface area contributed by atoms with Crippen molar-refractivity contribution in [2.75, 3.05) is 31.8 Å². The number of benzene rings is 1. The molecule has 1 saturated heterocycles. The van der Waals surface area contributed by atoms with Gasteiger partial charge in [0.2, 0.25) is 0 Å². The van der Waals surface area contributed by atoms with E-state index in [2.05, 4.69) is 5.32 Å². The number of hydrogen-bond donors (Lipinski definition) is 1. The van der Waals surface area contributed by atoms with Crippen molar-refractivity contribution in [3.05, 3.63) is 29.6 Å². The second-order valence-corrected chi connectivity index (χ2v) is 10.3. The van der Waals surface area contributed by atoms with Gasteiger partial charge in [0.15, 0.2) is 19.7 Å². The second kappa shape index (κ2) is 7.47. The van der Waals surface area contributed by atoms with Gasteiger partial charge in [-0.1, -0.05) is 0 Å². The van der Waals surface area contributed by atoms with E-state index in [-0.39, 0.29) is 16.2 Å². The van der Waals surface area contributed by atoms with Crippen LogP contribution < -0.4 is 5.32 Å². The zero-order chi connectivity index (χ0) is 18.0. The van der Waals surface area contributed by atoms with E-state index in [1.807, 2.05) is 0 Å². The Balaban J connectivity index is 2.28. The van der Waals surface area contributed by atoms with Gasteiger partial charge in [0.05, 0.1) is 21.7 Å². The van der Waals surface area contributed by atoms with Gasteiger partial charge in [-0.2, -0.15) is 0 Å². The average molecular weight is 379 g/mol. The summed E-state index contributed by atoms with van der Waals surface area (Å²) >= 11 is 0. The summed E-state index contributed by atoms with van der Waals surface area (Å²) in [4.78, 5) is -0.0188. The molecule has 136 valence electrons. The molecule has 0 amide bonds. The topological polar surface area (TPSA) is 89.5 Å². The molecule has 0 bridgehead atoms. The highest BCUT2D eigenvalue weighted by Crippen LogP contribution is 2.28. The summed E-state index contributed by atoms with van der Waals surface area (Å²) in [6.45, 7) is 2.46. The van der Waals surface area contributed by atoms with Gasteiger partial charge in [-0.3, -0.25) is 0 Å². The normalized spacial score (nSPS) is 23.5. The molecule has 0 aliphatic carbocycles. The first-order valence-corrected chi connectivity index (χ1v) is 11.0. The molecule has 0 radical (unpaired) electrons. The summed E-state index contributed by atoms with van der Waals surface area (Å²) in [6, 6.07) is 2.73. The number of aryl methyl sites for hydroxylation is 1. The van der Waals surface area contributed by atoms with Crippen LogP contribution >= 0.6 is 0 Å². The van der Waals surface area contributed by atoms with Crippen molar-refractivity contribution in [1.29, 1.82) is 0 Å². The molecule has 1 aliphatic rings. The molecule has 1 heterocycles. The van der Waals surface area contributed by atoms with Gasteiger partial charge in [0.25, 0.3) is 0 Å². The molecule has 9 heteroatoms. The van der Waals surface area contributed by atoms with Gasteiger partial charge in [-0.25, -0.2) is 21.2 Å². The lowest BCUT2D eigenvalue weighted by molar-refractivity contribution is 0.193. The highest BCUT2D eigenvalue weighted by Gasteiger charge is 2.45. The molecular weight excluding hydrogens is 357 g/mol. The summed E-state index contributed by atoms with van der Waals surface area (Å²) in [6.07, 6.45) is 0.648. The number of hydrogen-bond acceptors (Lipinski definition) is 6. The van der Waals surface area contributed by atoms with E-state index in [0.717, 1.165) is 12.1 Å². The number of sulfone groups is 2. The lowest BCUT2D eigenvalue weighted by atomic mass is 10.2. The minimum Gasteiger partial charge on any atom is -0.385 e. The maximum atomic E-state index is 13.2. The molecule has 0 unspecified atom stereocenters. The monoisotopic (exact) mass is 379 g/mol. The zero-order valence-corrected chi connectivity index (χ0v) is 15.3. The first-order chi connectivity index (χ1) is 11.2. The predicted octanol–water partition coefficient (Wildman–Crippen LogP) is 0.700. The van der Waals surface area contributed by atoms with Crippen LogP contribution in [0.3, 0.4) is 0 Å². The Bertz CT molecular complexity index is 792. The summed E-state index contributed by atoms with van der Waals surface area (Å²) in [5.74, 6) is -1.17. The van der Waals surface area contributed by atoms with E-state index in [0.29, 0.717) is 19.6 Å². The summed E-state index contributed by atoms with van der Waals surface area (Å²) in [7, 11) is -5.77. The van der Waals surface area contributed by atoms with E-state index in [1.54, 1.807) is 7.11 Å². The molecule has 1 N–H and O–H groups in total. The van der Waals surface area contributed by atoms with Gasteiger partial charge < -0.3 is 10.1 Å². The quantitative estimate of drug-likeness (QED) is 0.554. The molecular formula is C15H22FNO5S2. The van der Waals surface area contributed by atoms with E-state index < -0.39 is 42.5 Å². The fourth-order valence-electron chi connectivity index (χ4n) is 2.91. The summed E-state index contributed by atoms with van der Waals surface area (Å²) in [5, 5.41) is 1.94. The van der Waals surface area contributed by atoms with Crippen molar-refractivity contribution < 1.29 is 26.0 Å². The van der Waals surface area contributed by atoms with Crippen LogP contribution in [0.2, 0.25) is 0 Å². The van der Waals surface area contributed by atoms with Crippen molar-refractivity contribution in [2.45, 2.75) is 29.5 Å². The lowest BCUT2D eigenvalue weighted by Crippen LogP contribution is -2.44. The van der Waals surface area contributed by atoms with Crippen LogP contribution in [0.5, 0.6) is 0 Å². The first kappa shape index (κ1) is 19.3. The van der Waals surface area contributed by atoms with Gasteiger partial charge in [-0.05, 0) is 43.7 Å². The Morgan fingerprint density at radius 2 is 2.04 bits per heavy atom. The molecule has 1 fully saturated rings. The van der Waals surface area contributed by atoms with Crippen LogP contribution in [0, 0.1) is 12.7 Å². The smallest absolute Gasteiger partial charge is 0.184 e. The van der Waals surface area contributed by atoms with Crippen molar-refractivity contribution >= 4 is 19.7 Å². The minimum absolute atomic E-state index is 0.0188. The first-order valence-electron chi connectivity index (χ1n) is 7.60. The third kappa shape index (κ3) is 4.33. The van der Waals surface area contributed by atoms with Gasteiger partial charge in [-0.15, -0.1) is 0 Å². The van der Waals surface area contributed by atoms with Crippen LogP contribution in [-0.2, 0) is 24.4 Å². The minimum atomic E-state index is -3.89. The molecule has 0 saturated carbocycles. The predicted molar refractivity (Wildman–Crippen MR) is 89.0 cm³/mol. The van der Waals surface area contributed by atoms with Gasteiger partial charge in [0, 0.05) is 19.8 Å². The molecule has 2 atom stereocenters. The molecule has 1 aromatic carbocycles. The fourth-order valence-corrected chi connectivity index (χ4v) is 7.85. The van der Waals surface area contributed by atoms with E-state index in [4.69, 9.17) is 4.74 Å². The summed E-state index contributed by atoms with van der Waals surface area (Å²) in [5.41, 5.74) is 0.275. The lowest BCUT2D eigenvalue weighted by Gasteiger charge is -2.21. The molecule has 2 rings (SSSR count). The van der Waals surface area contributed by atoms with Crippen LogP contribution in [-0.4, -0.2) is 59.9 Å². The van der Waals surface area contributed by atoms with E-state index in [9.17, 15) is 21.2 Å². The zero-order valence-electron chi connectivity index (χ0n) is 13.7. The largest absolute Gasteiger partial charge is 0.385 e. The second-order valence-electron chi connectivity index (χ2n) is 5.98. The van der Waals surface area contributed by atoms with E-state index in [1.165, 1.54) is 13.0 Å². The van der Waals surface area contributed by atoms with Gasteiger partial charge >= 0.3 is 0 Å². The van der Waals surface area contributed by atoms with Crippen LogP contribution in [0.25, 0.3) is 0 Å². The number of halogens is 1. The number of rotatable bonds is 7. The molecule has 1 aromatic rings. The molecule has 1 aliphatic heterocycles. The number of nitrogens with one attached hydrogen (secondary N) is 1. The molecule has 0 spiro atoms. The molecule has 24 heavy (non-hydrogen) atoms. The third-order valence-electron chi connectivity index (χ3n) is 4.07.